The van der Waals surface area contributed by atoms with Crippen molar-refractivity contribution < 1.29 is 4.79 Å². The molecule has 0 aromatic heterocycles. The van der Waals surface area contributed by atoms with E-state index in [9.17, 15) is 4.79 Å². The second-order valence-corrected chi connectivity index (χ2v) is 5.87. The lowest BCUT2D eigenvalue weighted by Crippen LogP contribution is -2.60. The molecule has 0 radical (unpaired) electrons. The summed E-state index contributed by atoms with van der Waals surface area (Å²) in [6, 6.07) is 7.48. The minimum atomic E-state index is -0.536. The van der Waals surface area contributed by atoms with E-state index in [-0.39, 0.29) is 17.1 Å². The molecule has 17 heavy (non-hydrogen) atoms. The fraction of sp³-hybridized carbons (Fsp3) is 0.500. The van der Waals surface area contributed by atoms with E-state index in [0.29, 0.717) is 10.9 Å². The van der Waals surface area contributed by atoms with Crippen molar-refractivity contribution in [2.24, 2.45) is 17.8 Å². The van der Waals surface area contributed by atoms with Crippen LogP contribution in [0.2, 0.25) is 5.02 Å². The van der Waals surface area contributed by atoms with E-state index in [2.05, 4.69) is 20.8 Å². The van der Waals surface area contributed by atoms with E-state index >= 15 is 0 Å². The van der Waals surface area contributed by atoms with E-state index in [4.69, 9.17) is 23.2 Å². The summed E-state index contributed by atoms with van der Waals surface area (Å²) in [5.74, 6) is 1.04. The normalized spacial score (nSPS) is 36.4. The first-order chi connectivity index (χ1) is 7.92. The number of halogens is 2. The maximum atomic E-state index is 11.9. The van der Waals surface area contributed by atoms with Crippen LogP contribution in [0.25, 0.3) is 0 Å². The maximum absolute atomic E-state index is 11.9. The van der Waals surface area contributed by atoms with Crippen molar-refractivity contribution in [3.8, 4) is 0 Å². The van der Waals surface area contributed by atoms with E-state index in [1.807, 2.05) is 24.3 Å². The average molecular weight is 271 g/mol. The molecule has 0 bridgehead atoms. The maximum Gasteiger partial charge on any atom is 0.232 e. The quantitative estimate of drug-likeness (QED) is 0.734. The van der Waals surface area contributed by atoms with Gasteiger partial charge in [0.25, 0.3) is 0 Å². The van der Waals surface area contributed by atoms with Crippen LogP contribution in [0.3, 0.4) is 0 Å². The van der Waals surface area contributed by atoms with Crippen molar-refractivity contribution in [1.29, 1.82) is 0 Å². The highest BCUT2D eigenvalue weighted by Crippen LogP contribution is 2.58. The van der Waals surface area contributed by atoms with Crippen LogP contribution in [0.15, 0.2) is 24.3 Å². The van der Waals surface area contributed by atoms with Gasteiger partial charge in [0.1, 0.15) is 0 Å². The Morgan fingerprint density at radius 1 is 1.12 bits per heavy atom. The molecule has 1 nitrogen and oxygen atoms in total. The monoisotopic (exact) mass is 270 g/mol. The summed E-state index contributed by atoms with van der Waals surface area (Å²) in [6.45, 7) is 6.36. The molecule has 3 heteroatoms. The number of hydrogen-bond acceptors (Lipinski definition) is 1. The smallest absolute Gasteiger partial charge is 0.232 e. The SMILES string of the molecule is CC1C(C)C(C(=O)Cl)(c2ccc(Cl)cc2)C1C. The van der Waals surface area contributed by atoms with Gasteiger partial charge in [-0.05, 0) is 47.1 Å². The lowest BCUT2D eigenvalue weighted by molar-refractivity contribution is -0.132. The number of carbonyl (C=O) groups is 1. The van der Waals surface area contributed by atoms with Gasteiger partial charge in [-0.1, -0.05) is 44.5 Å². The van der Waals surface area contributed by atoms with Gasteiger partial charge < -0.3 is 0 Å². The van der Waals surface area contributed by atoms with Gasteiger partial charge in [-0.25, -0.2) is 0 Å². The fourth-order valence-electron chi connectivity index (χ4n) is 3.28. The van der Waals surface area contributed by atoms with Gasteiger partial charge in [-0.3, -0.25) is 4.79 Å². The van der Waals surface area contributed by atoms with Gasteiger partial charge >= 0.3 is 0 Å². The largest absolute Gasteiger partial charge is 0.280 e. The Morgan fingerprint density at radius 3 is 2.00 bits per heavy atom. The van der Waals surface area contributed by atoms with Crippen molar-refractivity contribution in [1.82, 2.24) is 0 Å². The highest BCUT2D eigenvalue weighted by atomic mass is 35.5. The summed E-state index contributed by atoms with van der Waals surface area (Å²) in [6.07, 6.45) is 0. The minimum absolute atomic E-state index is 0.252. The van der Waals surface area contributed by atoms with Crippen LogP contribution in [-0.4, -0.2) is 5.24 Å². The molecule has 1 aliphatic rings. The summed E-state index contributed by atoms with van der Waals surface area (Å²) in [7, 11) is 0. The van der Waals surface area contributed by atoms with Crippen LogP contribution in [0.4, 0.5) is 0 Å². The first kappa shape index (κ1) is 12.9. The van der Waals surface area contributed by atoms with E-state index in [1.54, 1.807) is 0 Å². The van der Waals surface area contributed by atoms with Crippen molar-refractivity contribution in [3.05, 3.63) is 34.9 Å². The Bertz CT molecular complexity index is 428. The second kappa shape index (κ2) is 4.29. The van der Waals surface area contributed by atoms with Gasteiger partial charge in [-0.2, -0.15) is 0 Å². The van der Waals surface area contributed by atoms with E-state index < -0.39 is 5.41 Å². The molecular weight excluding hydrogens is 255 g/mol. The predicted molar refractivity (Wildman–Crippen MR) is 71.5 cm³/mol. The van der Waals surface area contributed by atoms with Crippen molar-refractivity contribution in [3.63, 3.8) is 0 Å². The molecule has 92 valence electrons. The second-order valence-electron chi connectivity index (χ2n) is 5.09. The van der Waals surface area contributed by atoms with Crippen LogP contribution >= 0.6 is 23.2 Å². The molecular formula is C14H16Cl2O. The number of carbonyl (C=O) groups excluding carboxylic acids is 1. The summed E-state index contributed by atoms with van der Waals surface area (Å²) in [5, 5.41) is 0.427. The molecule has 1 fully saturated rings. The molecule has 0 spiro atoms. The molecule has 0 N–H and O–H groups in total. The van der Waals surface area contributed by atoms with Crippen LogP contribution in [0, 0.1) is 17.8 Å². The van der Waals surface area contributed by atoms with Crippen molar-refractivity contribution in [2.75, 3.05) is 0 Å². The highest BCUT2D eigenvalue weighted by Gasteiger charge is 2.60. The lowest BCUT2D eigenvalue weighted by atomic mass is 9.46. The molecule has 1 aromatic carbocycles. The third kappa shape index (κ3) is 1.63. The first-order valence-corrected chi connectivity index (χ1v) is 6.64. The highest BCUT2D eigenvalue weighted by molar-refractivity contribution is 6.65. The van der Waals surface area contributed by atoms with Gasteiger partial charge in [0.2, 0.25) is 5.24 Å². The van der Waals surface area contributed by atoms with E-state index in [0.717, 1.165) is 5.56 Å². The first-order valence-electron chi connectivity index (χ1n) is 5.88. The topological polar surface area (TPSA) is 17.1 Å². The molecule has 2 unspecified atom stereocenters. The standard InChI is InChI=1S/C14H16Cl2O/c1-8-9(2)14(10(8)3,13(16)17)11-4-6-12(15)7-5-11/h4-10H,1-3H3. The molecule has 1 aliphatic carbocycles. The summed E-state index contributed by atoms with van der Waals surface area (Å²) in [4.78, 5) is 11.9. The van der Waals surface area contributed by atoms with E-state index in [1.165, 1.54) is 0 Å². The van der Waals surface area contributed by atoms with Crippen molar-refractivity contribution in [2.45, 2.75) is 26.2 Å². The van der Waals surface area contributed by atoms with Gasteiger partial charge in [0.15, 0.2) is 0 Å². The van der Waals surface area contributed by atoms with Crippen LogP contribution in [0.5, 0.6) is 0 Å². The number of hydrogen-bond donors (Lipinski definition) is 0. The Hall–Kier alpha value is -0.530. The Kier molecular flexibility index (Phi) is 3.26. The molecule has 0 saturated heterocycles. The van der Waals surface area contributed by atoms with Crippen molar-refractivity contribution >= 4 is 28.4 Å². The third-order valence-electron chi connectivity index (χ3n) is 4.66. The summed E-state index contributed by atoms with van der Waals surface area (Å²) >= 11 is 11.8. The zero-order chi connectivity index (χ0) is 12.8. The number of rotatable bonds is 2. The van der Waals surface area contributed by atoms with Crippen LogP contribution < -0.4 is 0 Å². The van der Waals surface area contributed by atoms with Gasteiger partial charge in [0, 0.05) is 5.02 Å². The molecule has 0 amide bonds. The zero-order valence-corrected chi connectivity index (χ0v) is 11.7. The molecule has 0 aliphatic heterocycles. The fourth-order valence-corrected chi connectivity index (χ4v) is 3.86. The minimum Gasteiger partial charge on any atom is -0.280 e. The third-order valence-corrected chi connectivity index (χ3v) is 5.23. The van der Waals surface area contributed by atoms with Gasteiger partial charge in [0.05, 0.1) is 5.41 Å². The summed E-state index contributed by atoms with van der Waals surface area (Å²) in [5.41, 5.74) is 0.450. The Morgan fingerprint density at radius 2 is 1.59 bits per heavy atom. The van der Waals surface area contributed by atoms with Crippen LogP contribution in [-0.2, 0) is 10.2 Å². The van der Waals surface area contributed by atoms with Crippen LogP contribution in [0.1, 0.15) is 26.3 Å². The van der Waals surface area contributed by atoms with Gasteiger partial charge in [-0.15, -0.1) is 0 Å². The average Bonchev–Trinajstić information content (AvgIpc) is 2.31. The Labute approximate surface area is 112 Å². The summed E-state index contributed by atoms with van der Waals surface area (Å²) < 4.78 is 0. The predicted octanol–water partition coefficient (Wildman–Crippen LogP) is 4.27. The zero-order valence-electron chi connectivity index (χ0n) is 10.2. The number of benzene rings is 1. The lowest BCUT2D eigenvalue weighted by Gasteiger charge is -2.56. The molecule has 1 aromatic rings. The molecule has 2 atom stereocenters. The Balaban J connectivity index is 2.50. The molecule has 2 rings (SSSR count). The molecule has 0 heterocycles. The molecule has 1 saturated carbocycles.